The Morgan fingerprint density at radius 3 is 2.57 bits per heavy atom. The number of aromatic nitrogens is 1. The number of H-pyrrole nitrogens is 1. The molecule has 1 saturated heterocycles. The van der Waals surface area contributed by atoms with Gasteiger partial charge >= 0.3 is 0 Å². The van der Waals surface area contributed by atoms with Crippen LogP contribution in [0.2, 0.25) is 0 Å². The molecule has 2 heterocycles. The smallest absolute Gasteiger partial charge is 0.195 e. The number of rotatable bonds is 3. The zero-order valence-corrected chi connectivity index (χ0v) is 21.5. The second-order valence-electron chi connectivity index (χ2n) is 11.7. The molecule has 184 valence electrons. The van der Waals surface area contributed by atoms with Gasteiger partial charge in [0, 0.05) is 39.8 Å². The maximum absolute atomic E-state index is 13.9. The van der Waals surface area contributed by atoms with Gasteiger partial charge in [-0.1, -0.05) is 71.1 Å². The minimum absolute atomic E-state index is 0.0464. The predicted molar refractivity (Wildman–Crippen MR) is 144 cm³/mol. The van der Waals surface area contributed by atoms with E-state index in [1.165, 1.54) is 49.8 Å². The van der Waals surface area contributed by atoms with Crippen LogP contribution in [-0.2, 0) is 11.8 Å². The lowest BCUT2D eigenvalue weighted by molar-refractivity contribution is 0.103. The molecule has 1 saturated carbocycles. The number of ketones is 1. The molecule has 35 heavy (non-hydrogen) atoms. The molecule has 4 nitrogen and oxygen atoms in total. The van der Waals surface area contributed by atoms with E-state index in [0.717, 1.165) is 64.5 Å². The van der Waals surface area contributed by atoms with Crippen LogP contribution in [0.3, 0.4) is 0 Å². The fraction of sp³-hybridized carbons (Fsp3) is 0.516. The van der Waals surface area contributed by atoms with Gasteiger partial charge in [0.25, 0.3) is 0 Å². The van der Waals surface area contributed by atoms with Gasteiger partial charge in [-0.15, -0.1) is 0 Å². The van der Waals surface area contributed by atoms with Crippen LogP contribution in [0.25, 0.3) is 10.9 Å². The van der Waals surface area contributed by atoms with Crippen LogP contribution in [0.15, 0.2) is 36.4 Å². The molecule has 1 aliphatic heterocycles. The molecule has 2 aliphatic carbocycles. The number of hydrogen-bond acceptors (Lipinski definition) is 3. The molecule has 0 bridgehead atoms. The van der Waals surface area contributed by atoms with Crippen molar-refractivity contribution in [3.63, 3.8) is 0 Å². The average molecular weight is 470 g/mol. The molecule has 2 atom stereocenters. The fourth-order valence-corrected chi connectivity index (χ4v) is 7.36. The van der Waals surface area contributed by atoms with E-state index in [0.29, 0.717) is 0 Å². The van der Waals surface area contributed by atoms with Gasteiger partial charge in [-0.2, -0.15) is 0 Å². The number of anilines is 1. The van der Waals surface area contributed by atoms with E-state index in [4.69, 9.17) is 5.73 Å². The normalized spacial score (nSPS) is 24.5. The molecule has 0 amide bonds. The second kappa shape index (κ2) is 8.51. The van der Waals surface area contributed by atoms with Gasteiger partial charge in [0.15, 0.2) is 5.78 Å². The van der Waals surface area contributed by atoms with Gasteiger partial charge < -0.3 is 15.6 Å². The Morgan fingerprint density at radius 1 is 1.06 bits per heavy atom. The lowest BCUT2D eigenvalue weighted by Crippen LogP contribution is -2.50. The molecule has 3 aliphatic rings. The zero-order valence-electron chi connectivity index (χ0n) is 21.5. The summed E-state index contributed by atoms with van der Waals surface area (Å²) in [4.78, 5) is 19.9. The number of piperidine rings is 1. The third-order valence-corrected chi connectivity index (χ3v) is 9.39. The minimum atomic E-state index is -0.289. The Hall–Kier alpha value is -2.59. The summed E-state index contributed by atoms with van der Waals surface area (Å²) < 4.78 is 0. The monoisotopic (exact) mass is 469 g/mol. The summed E-state index contributed by atoms with van der Waals surface area (Å²) >= 11 is 0. The molecule has 0 spiro atoms. The van der Waals surface area contributed by atoms with Crippen LogP contribution in [0.5, 0.6) is 0 Å². The summed E-state index contributed by atoms with van der Waals surface area (Å²) in [6.07, 6.45) is 10.2. The van der Waals surface area contributed by atoms with E-state index in [9.17, 15) is 4.79 Å². The third kappa shape index (κ3) is 3.56. The number of nitrogens with two attached hydrogens (primary N) is 1. The summed E-state index contributed by atoms with van der Waals surface area (Å²) in [5.41, 5.74) is 14.0. The number of fused-ring (bicyclic) bond motifs is 4. The molecule has 1 aromatic heterocycles. The van der Waals surface area contributed by atoms with Crippen LogP contribution < -0.4 is 10.6 Å². The maximum Gasteiger partial charge on any atom is 0.195 e. The first-order valence-electron chi connectivity index (χ1n) is 13.8. The quantitative estimate of drug-likeness (QED) is 0.450. The number of para-hydroxylation sites is 1. The Balaban J connectivity index is 1.39. The summed E-state index contributed by atoms with van der Waals surface area (Å²) in [5, 5.41) is 1.03. The highest BCUT2D eigenvalue weighted by Gasteiger charge is 2.41. The lowest BCUT2D eigenvalue weighted by Gasteiger charge is -2.44. The molecule has 3 aromatic rings. The number of carbonyl (C=O) groups excluding carboxylic acids is 1. The van der Waals surface area contributed by atoms with E-state index in [2.05, 4.69) is 54.9 Å². The summed E-state index contributed by atoms with van der Waals surface area (Å²) in [6.45, 7) is 7.70. The predicted octanol–water partition coefficient (Wildman–Crippen LogP) is 6.68. The first-order valence-corrected chi connectivity index (χ1v) is 13.8. The largest absolute Gasteiger partial charge is 0.357 e. The molecule has 2 fully saturated rings. The van der Waals surface area contributed by atoms with Crippen LogP contribution >= 0.6 is 0 Å². The zero-order chi connectivity index (χ0) is 24.3. The average Bonchev–Trinajstić information content (AvgIpc) is 3.28. The number of aromatic amines is 1. The fourth-order valence-electron chi connectivity index (χ4n) is 7.36. The van der Waals surface area contributed by atoms with Gasteiger partial charge in [0.1, 0.15) is 0 Å². The molecule has 4 heteroatoms. The number of benzene rings is 2. The van der Waals surface area contributed by atoms with E-state index < -0.39 is 0 Å². The van der Waals surface area contributed by atoms with Crippen molar-refractivity contribution in [3.8, 4) is 0 Å². The Labute approximate surface area is 209 Å². The second-order valence-corrected chi connectivity index (χ2v) is 11.7. The summed E-state index contributed by atoms with van der Waals surface area (Å²) in [6, 6.07) is 12.7. The molecule has 6 rings (SSSR count). The van der Waals surface area contributed by atoms with E-state index >= 15 is 0 Å². The molecular weight excluding hydrogens is 430 g/mol. The van der Waals surface area contributed by atoms with Crippen molar-refractivity contribution in [1.82, 2.24) is 4.98 Å². The first kappa shape index (κ1) is 22.8. The van der Waals surface area contributed by atoms with Crippen LogP contribution in [-0.4, -0.2) is 23.5 Å². The minimum Gasteiger partial charge on any atom is -0.357 e. The number of nitrogens with zero attached hydrogens (tertiary/aromatic N) is 1. The number of aryl methyl sites for hydroxylation is 1. The van der Waals surface area contributed by atoms with E-state index in [-0.39, 0.29) is 17.4 Å². The maximum atomic E-state index is 13.9. The van der Waals surface area contributed by atoms with Gasteiger partial charge in [0.05, 0.1) is 11.7 Å². The topological polar surface area (TPSA) is 62.1 Å². The van der Waals surface area contributed by atoms with Gasteiger partial charge in [0.2, 0.25) is 0 Å². The van der Waals surface area contributed by atoms with Crippen molar-refractivity contribution >= 4 is 22.4 Å². The van der Waals surface area contributed by atoms with Crippen LogP contribution in [0.1, 0.15) is 98.5 Å². The van der Waals surface area contributed by atoms with Crippen molar-refractivity contribution in [2.75, 3.05) is 11.4 Å². The Bertz CT molecular complexity index is 1280. The van der Waals surface area contributed by atoms with Crippen LogP contribution in [0.4, 0.5) is 5.69 Å². The van der Waals surface area contributed by atoms with Crippen molar-refractivity contribution < 1.29 is 4.79 Å². The van der Waals surface area contributed by atoms with Gasteiger partial charge in [-0.3, -0.25) is 4.79 Å². The molecule has 2 aromatic carbocycles. The number of hydrogen-bond donors (Lipinski definition) is 2. The highest BCUT2D eigenvalue weighted by atomic mass is 16.1. The van der Waals surface area contributed by atoms with Crippen molar-refractivity contribution in [2.45, 2.75) is 83.7 Å². The highest BCUT2D eigenvalue weighted by Crippen LogP contribution is 2.46. The molecular formula is C31H39N3O. The highest BCUT2D eigenvalue weighted by molar-refractivity contribution is 6.20. The SMILES string of the molecule is CCc1cc2c(cc1N1CCC(C3CCCCC3)CC1N)C(C)(C)c1[nH]c3ccccc3c1C2=O. The van der Waals surface area contributed by atoms with Crippen molar-refractivity contribution in [2.24, 2.45) is 17.6 Å². The molecule has 0 radical (unpaired) electrons. The van der Waals surface area contributed by atoms with Crippen LogP contribution in [0, 0.1) is 11.8 Å². The first-order chi connectivity index (χ1) is 16.9. The Kier molecular flexibility index (Phi) is 5.56. The molecule has 3 N–H and O–H groups in total. The standard InChI is InChI=1S/C31H39N3O/c1-4-19-16-23-24(31(2,3)30-28(29(23)35)22-12-8-9-13-25(22)33-30)18-26(19)34-15-14-21(17-27(34)32)20-10-6-5-7-11-20/h8-9,12-13,16,18,20-21,27,33H,4-7,10-11,14-15,17,32H2,1-3H3. The number of nitrogens with one attached hydrogen (secondary N) is 1. The van der Waals surface area contributed by atoms with Crippen molar-refractivity contribution in [3.05, 3.63) is 64.3 Å². The number of carbonyl (C=O) groups is 1. The third-order valence-electron chi connectivity index (χ3n) is 9.39. The summed E-state index contributed by atoms with van der Waals surface area (Å²) in [7, 11) is 0. The van der Waals surface area contributed by atoms with Gasteiger partial charge in [-0.05, 0) is 60.4 Å². The Morgan fingerprint density at radius 2 is 1.83 bits per heavy atom. The summed E-state index contributed by atoms with van der Waals surface area (Å²) in [5.74, 6) is 1.77. The lowest BCUT2D eigenvalue weighted by atomic mass is 9.70. The van der Waals surface area contributed by atoms with E-state index in [1.54, 1.807) is 0 Å². The van der Waals surface area contributed by atoms with Crippen molar-refractivity contribution in [1.29, 1.82) is 0 Å². The molecule has 2 unspecified atom stereocenters. The van der Waals surface area contributed by atoms with Gasteiger partial charge in [-0.25, -0.2) is 0 Å². The van der Waals surface area contributed by atoms with E-state index in [1.807, 2.05) is 12.1 Å².